The normalized spacial score (nSPS) is 14.1. The number of esters is 1. The van der Waals surface area contributed by atoms with Gasteiger partial charge < -0.3 is 14.8 Å². The molecule has 2 aromatic carbocycles. The van der Waals surface area contributed by atoms with E-state index in [4.69, 9.17) is 14.7 Å². The fraction of sp³-hybridized carbons (Fsp3) is 0.227. The van der Waals surface area contributed by atoms with Gasteiger partial charge in [0.2, 0.25) is 6.10 Å². The Morgan fingerprint density at radius 1 is 1.14 bits per heavy atom. The average molecular weight is 376 g/mol. The van der Waals surface area contributed by atoms with Gasteiger partial charge in [-0.05, 0) is 36.6 Å². The Balaban J connectivity index is 1.63. The smallest absolute Gasteiger partial charge is 0.331 e. The molecular formula is C22H20N2O4. The van der Waals surface area contributed by atoms with Crippen LogP contribution in [0, 0.1) is 11.3 Å². The van der Waals surface area contributed by atoms with Crippen LogP contribution >= 0.6 is 0 Å². The summed E-state index contributed by atoms with van der Waals surface area (Å²) in [5.41, 5.74) is 1.39. The largest absolute Gasteiger partial charge is 0.479 e. The summed E-state index contributed by atoms with van der Waals surface area (Å²) in [5, 5.41) is 11.4. The molecule has 0 heterocycles. The van der Waals surface area contributed by atoms with Crippen LogP contribution in [0.15, 0.2) is 60.7 Å². The summed E-state index contributed by atoms with van der Waals surface area (Å²) in [5.74, 6) is -0.346. The molecule has 1 unspecified atom stereocenters. The van der Waals surface area contributed by atoms with Gasteiger partial charge in [0.25, 0.3) is 5.91 Å². The Labute approximate surface area is 163 Å². The fourth-order valence-electron chi connectivity index (χ4n) is 2.52. The minimum Gasteiger partial charge on any atom is -0.479 e. The molecule has 1 aliphatic rings. The zero-order chi connectivity index (χ0) is 19.8. The van der Waals surface area contributed by atoms with Gasteiger partial charge in [0.1, 0.15) is 11.8 Å². The number of nitrogens with one attached hydrogen (secondary N) is 1. The van der Waals surface area contributed by atoms with Crippen LogP contribution in [0.1, 0.15) is 30.1 Å². The minimum atomic E-state index is -0.985. The highest BCUT2D eigenvalue weighted by Gasteiger charge is 2.30. The van der Waals surface area contributed by atoms with Gasteiger partial charge in [-0.2, -0.15) is 5.26 Å². The molecule has 0 aromatic heterocycles. The number of nitriles is 1. The molecule has 2 aromatic rings. The molecule has 3 rings (SSSR count). The van der Waals surface area contributed by atoms with Crippen LogP contribution in [0.4, 0.5) is 0 Å². The molecule has 1 saturated carbocycles. The van der Waals surface area contributed by atoms with E-state index in [9.17, 15) is 9.59 Å². The number of nitrogens with zero attached hydrogens (tertiary/aromatic N) is 1. The molecule has 1 fully saturated rings. The van der Waals surface area contributed by atoms with Crippen LogP contribution in [0.25, 0.3) is 6.08 Å². The topological polar surface area (TPSA) is 88.4 Å². The maximum absolute atomic E-state index is 12.5. The molecule has 1 atom stereocenters. The molecule has 6 nitrogen and oxygen atoms in total. The first-order chi connectivity index (χ1) is 13.7. The predicted octanol–water partition coefficient (Wildman–Crippen LogP) is 3.17. The average Bonchev–Trinajstić information content (AvgIpc) is 3.54. The number of benzene rings is 2. The second-order valence-corrected chi connectivity index (χ2v) is 6.36. The minimum absolute atomic E-state index is 0.0225. The third-order valence-corrected chi connectivity index (χ3v) is 4.09. The maximum atomic E-state index is 12.5. The lowest BCUT2D eigenvalue weighted by atomic mass is 10.1. The summed E-state index contributed by atoms with van der Waals surface area (Å²) in [4.78, 5) is 24.7. The Bertz CT molecular complexity index is 881. The van der Waals surface area contributed by atoms with Crippen molar-refractivity contribution >= 4 is 18.0 Å². The molecule has 1 aliphatic carbocycles. The van der Waals surface area contributed by atoms with Gasteiger partial charge in [0, 0.05) is 17.7 Å². The van der Waals surface area contributed by atoms with Crippen molar-refractivity contribution in [2.24, 2.45) is 0 Å². The molecule has 28 heavy (non-hydrogen) atoms. The van der Waals surface area contributed by atoms with Gasteiger partial charge in [-0.3, -0.25) is 4.79 Å². The van der Waals surface area contributed by atoms with Crippen molar-refractivity contribution in [3.63, 3.8) is 0 Å². The highest BCUT2D eigenvalue weighted by Crippen LogP contribution is 2.23. The molecule has 6 heteroatoms. The second-order valence-electron chi connectivity index (χ2n) is 6.36. The van der Waals surface area contributed by atoms with Crippen molar-refractivity contribution in [2.75, 3.05) is 6.61 Å². The zero-order valence-electron chi connectivity index (χ0n) is 15.2. The molecule has 1 amide bonds. The van der Waals surface area contributed by atoms with Gasteiger partial charge in [-0.15, -0.1) is 0 Å². The van der Waals surface area contributed by atoms with Gasteiger partial charge in [0.15, 0.2) is 6.61 Å². The zero-order valence-corrected chi connectivity index (χ0v) is 15.2. The summed E-state index contributed by atoms with van der Waals surface area (Å²) in [6.07, 6.45) is 3.80. The SMILES string of the molecule is N#CCOc1ccc(/C=C/C(=O)OC(C(=O)NC2CC2)c2ccccc2)cc1. The molecule has 1 N–H and O–H groups in total. The lowest BCUT2D eigenvalue weighted by Crippen LogP contribution is -2.33. The first-order valence-corrected chi connectivity index (χ1v) is 8.99. The van der Waals surface area contributed by atoms with Crippen molar-refractivity contribution < 1.29 is 19.1 Å². The van der Waals surface area contributed by atoms with E-state index in [1.165, 1.54) is 6.08 Å². The molecule has 0 bridgehead atoms. The Kier molecular flexibility index (Phi) is 6.42. The number of ether oxygens (including phenoxy) is 2. The van der Waals surface area contributed by atoms with Crippen LogP contribution in [0.3, 0.4) is 0 Å². The number of hydrogen-bond donors (Lipinski definition) is 1. The van der Waals surface area contributed by atoms with Gasteiger partial charge >= 0.3 is 5.97 Å². The molecule has 0 saturated heterocycles. The number of amides is 1. The van der Waals surface area contributed by atoms with Gasteiger partial charge in [0.05, 0.1) is 0 Å². The summed E-state index contributed by atoms with van der Waals surface area (Å²) < 4.78 is 10.6. The van der Waals surface area contributed by atoms with Crippen molar-refractivity contribution in [2.45, 2.75) is 25.0 Å². The first-order valence-electron chi connectivity index (χ1n) is 8.99. The Morgan fingerprint density at radius 3 is 2.50 bits per heavy atom. The quantitative estimate of drug-likeness (QED) is 0.565. The first kappa shape index (κ1) is 19.2. The van der Waals surface area contributed by atoms with E-state index in [1.54, 1.807) is 54.6 Å². The maximum Gasteiger partial charge on any atom is 0.331 e. The molecule has 142 valence electrons. The van der Waals surface area contributed by atoms with E-state index < -0.39 is 12.1 Å². The van der Waals surface area contributed by atoms with Crippen LogP contribution in [-0.2, 0) is 14.3 Å². The standard InChI is InChI=1S/C22H20N2O4/c23-14-15-27-19-11-6-16(7-12-19)8-13-20(25)28-21(17-4-2-1-3-5-17)22(26)24-18-9-10-18/h1-8,11-13,18,21H,9-10,15H2,(H,24,26)/b13-8+. The molecule has 0 radical (unpaired) electrons. The van der Waals surface area contributed by atoms with Crippen LogP contribution in [0.5, 0.6) is 5.75 Å². The Morgan fingerprint density at radius 2 is 1.86 bits per heavy atom. The summed E-state index contributed by atoms with van der Waals surface area (Å²) in [6.45, 7) is -0.0225. The highest BCUT2D eigenvalue weighted by molar-refractivity contribution is 5.91. The van der Waals surface area contributed by atoms with Crippen LogP contribution < -0.4 is 10.1 Å². The van der Waals surface area contributed by atoms with Crippen molar-refractivity contribution in [3.8, 4) is 11.8 Å². The number of carbonyl (C=O) groups is 2. The lowest BCUT2D eigenvalue weighted by Gasteiger charge is -2.17. The van der Waals surface area contributed by atoms with Crippen LogP contribution in [0.2, 0.25) is 0 Å². The Hall–Kier alpha value is -3.59. The third-order valence-electron chi connectivity index (χ3n) is 4.09. The summed E-state index contributed by atoms with van der Waals surface area (Å²) in [7, 11) is 0. The van der Waals surface area contributed by atoms with Crippen molar-refractivity contribution in [1.29, 1.82) is 5.26 Å². The second kappa shape index (κ2) is 9.38. The monoisotopic (exact) mass is 376 g/mol. The van der Waals surface area contributed by atoms with Crippen LogP contribution in [-0.4, -0.2) is 24.5 Å². The van der Waals surface area contributed by atoms with Crippen molar-refractivity contribution in [1.82, 2.24) is 5.32 Å². The summed E-state index contributed by atoms with van der Waals surface area (Å²) >= 11 is 0. The van der Waals surface area contributed by atoms with Crippen molar-refractivity contribution in [3.05, 3.63) is 71.8 Å². The molecule has 0 spiro atoms. The van der Waals surface area contributed by atoms with Gasteiger partial charge in [-0.25, -0.2) is 4.79 Å². The molecule has 0 aliphatic heterocycles. The van der Waals surface area contributed by atoms with E-state index in [-0.39, 0.29) is 18.6 Å². The molecular weight excluding hydrogens is 356 g/mol. The third kappa shape index (κ3) is 5.71. The van der Waals surface area contributed by atoms with Gasteiger partial charge in [-0.1, -0.05) is 42.5 Å². The van der Waals surface area contributed by atoms with E-state index >= 15 is 0 Å². The van der Waals surface area contributed by atoms with E-state index in [1.807, 2.05) is 12.1 Å². The fourth-order valence-corrected chi connectivity index (χ4v) is 2.52. The number of rotatable bonds is 8. The van der Waals surface area contributed by atoms with E-state index in [2.05, 4.69) is 5.32 Å². The summed E-state index contributed by atoms with van der Waals surface area (Å²) in [6, 6.07) is 17.9. The van der Waals surface area contributed by atoms with E-state index in [0.717, 1.165) is 18.4 Å². The number of hydrogen-bond acceptors (Lipinski definition) is 5. The highest BCUT2D eigenvalue weighted by atomic mass is 16.5. The van der Waals surface area contributed by atoms with E-state index in [0.29, 0.717) is 11.3 Å². The lowest BCUT2D eigenvalue weighted by molar-refractivity contribution is -0.151. The predicted molar refractivity (Wildman–Crippen MR) is 103 cm³/mol. The number of carbonyl (C=O) groups excluding carboxylic acids is 2.